The first-order valence-electron chi connectivity index (χ1n) is 8.32. The minimum absolute atomic E-state index is 0.0343. The predicted molar refractivity (Wildman–Crippen MR) is 89.2 cm³/mol. The fourth-order valence-electron chi connectivity index (χ4n) is 3.01. The summed E-state index contributed by atoms with van der Waals surface area (Å²) in [6.45, 7) is 6.74. The van der Waals surface area contributed by atoms with Gasteiger partial charge < -0.3 is 19.4 Å². The molecule has 2 aromatic rings. The standard InChI is InChI=1S/C18H24N2O3/c1-3-9-20(18(21)17-12-19-8-10-22-17)13(2)16-11-14-6-4-5-7-15(14)23-16/h4-7,11,13,17,19H,3,8-10,12H2,1-2H3. The first-order chi connectivity index (χ1) is 11.2. The summed E-state index contributed by atoms with van der Waals surface area (Å²) in [6.07, 6.45) is 0.498. The second kappa shape index (κ2) is 7.15. The van der Waals surface area contributed by atoms with Crippen LogP contribution in [0.5, 0.6) is 0 Å². The van der Waals surface area contributed by atoms with Crippen LogP contribution in [0.25, 0.3) is 11.0 Å². The quantitative estimate of drug-likeness (QED) is 0.921. The number of morpholine rings is 1. The molecule has 5 nitrogen and oxygen atoms in total. The Morgan fingerprint density at radius 1 is 1.43 bits per heavy atom. The van der Waals surface area contributed by atoms with Crippen molar-refractivity contribution >= 4 is 16.9 Å². The molecule has 1 saturated heterocycles. The topological polar surface area (TPSA) is 54.7 Å². The van der Waals surface area contributed by atoms with E-state index in [1.807, 2.05) is 42.2 Å². The molecule has 1 aliphatic rings. The normalized spacial score (nSPS) is 19.7. The Bertz CT molecular complexity index is 628. The van der Waals surface area contributed by atoms with Crippen molar-refractivity contribution in [2.75, 3.05) is 26.2 Å². The Kier molecular flexibility index (Phi) is 4.98. The first kappa shape index (κ1) is 16.0. The van der Waals surface area contributed by atoms with E-state index in [1.54, 1.807) is 0 Å². The minimum Gasteiger partial charge on any atom is -0.459 e. The van der Waals surface area contributed by atoms with Gasteiger partial charge in [-0.3, -0.25) is 4.79 Å². The largest absolute Gasteiger partial charge is 0.459 e. The Balaban J connectivity index is 1.82. The number of para-hydroxylation sites is 1. The molecule has 5 heteroatoms. The van der Waals surface area contributed by atoms with Crippen molar-refractivity contribution in [2.24, 2.45) is 0 Å². The second-order valence-corrected chi connectivity index (χ2v) is 5.96. The highest BCUT2D eigenvalue weighted by Crippen LogP contribution is 2.28. The Labute approximate surface area is 136 Å². The smallest absolute Gasteiger partial charge is 0.253 e. The Hall–Kier alpha value is -1.85. The monoisotopic (exact) mass is 316 g/mol. The lowest BCUT2D eigenvalue weighted by atomic mass is 10.1. The fraction of sp³-hybridized carbons (Fsp3) is 0.500. The molecule has 1 fully saturated rings. The van der Waals surface area contributed by atoms with Crippen molar-refractivity contribution < 1.29 is 13.9 Å². The molecule has 2 heterocycles. The van der Waals surface area contributed by atoms with Crippen LogP contribution in [0.1, 0.15) is 32.1 Å². The number of nitrogens with zero attached hydrogens (tertiary/aromatic N) is 1. The van der Waals surface area contributed by atoms with Gasteiger partial charge in [0.1, 0.15) is 17.4 Å². The summed E-state index contributed by atoms with van der Waals surface area (Å²) in [6, 6.07) is 9.83. The van der Waals surface area contributed by atoms with Gasteiger partial charge in [-0.15, -0.1) is 0 Å². The fourth-order valence-corrected chi connectivity index (χ4v) is 3.01. The number of ether oxygens (including phenoxy) is 1. The number of fused-ring (bicyclic) bond motifs is 1. The number of benzene rings is 1. The number of furan rings is 1. The summed E-state index contributed by atoms with van der Waals surface area (Å²) in [4.78, 5) is 14.7. The van der Waals surface area contributed by atoms with Crippen LogP contribution in [0.4, 0.5) is 0 Å². The molecule has 3 rings (SSSR count). The van der Waals surface area contributed by atoms with Crippen LogP contribution >= 0.6 is 0 Å². The molecule has 2 unspecified atom stereocenters. The third kappa shape index (κ3) is 3.41. The zero-order chi connectivity index (χ0) is 16.2. The molecule has 23 heavy (non-hydrogen) atoms. The van der Waals surface area contributed by atoms with Gasteiger partial charge in [-0.1, -0.05) is 25.1 Å². The maximum atomic E-state index is 12.8. The second-order valence-electron chi connectivity index (χ2n) is 5.96. The molecule has 0 bridgehead atoms. The van der Waals surface area contributed by atoms with E-state index in [1.165, 1.54) is 0 Å². The van der Waals surface area contributed by atoms with E-state index in [9.17, 15) is 4.79 Å². The van der Waals surface area contributed by atoms with Gasteiger partial charge in [0.05, 0.1) is 12.6 Å². The van der Waals surface area contributed by atoms with Gasteiger partial charge >= 0.3 is 0 Å². The number of hydrogen-bond donors (Lipinski definition) is 1. The van der Waals surface area contributed by atoms with Crippen molar-refractivity contribution in [1.29, 1.82) is 0 Å². The predicted octanol–water partition coefficient (Wildman–Crippen LogP) is 2.72. The molecule has 1 aromatic heterocycles. The number of hydrogen-bond acceptors (Lipinski definition) is 4. The van der Waals surface area contributed by atoms with Crippen LogP contribution in [-0.2, 0) is 9.53 Å². The maximum Gasteiger partial charge on any atom is 0.253 e. The van der Waals surface area contributed by atoms with Crippen LogP contribution in [0.15, 0.2) is 34.7 Å². The lowest BCUT2D eigenvalue weighted by molar-refractivity contribution is -0.147. The summed E-state index contributed by atoms with van der Waals surface area (Å²) in [5.74, 6) is 0.851. The van der Waals surface area contributed by atoms with Gasteiger partial charge in [0.25, 0.3) is 5.91 Å². The van der Waals surface area contributed by atoms with Gasteiger partial charge in [0.15, 0.2) is 0 Å². The van der Waals surface area contributed by atoms with Crippen LogP contribution in [0.3, 0.4) is 0 Å². The van der Waals surface area contributed by atoms with Gasteiger partial charge in [-0.25, -0.2) is 0 Å². The molecule has 1 N–H and O–H groups in total. The summed E-state index contributed by atoms with van der Waals surface area (Å²) in [7, 11) is 0. The Morgan fingerprint density at radius 3 is 2.96 bits per heavy atom. The summed E-state index contributed by atoms with van der Waals surface area (Å²) >= 11 is 0. The van der Waals surface area contributed by atoms with Crippen LogP contribution < -0.4 is 5.32 Å². The molecule has 1 aliphatic heterocycles. The van der Waals surface area contributed by atoms with Crippen molar-refractivity contribution in [3.63, 3.8) is 0 Å². The van der Waals surface area contributed by atoms with E-state index in [2.05, 4.69) is 12.2 Å². The van der Waals surface area contributed by atoms with E-state index in [0.29, 0.717) is 19.7 Å². The number of rotatable bonds is 5. The van der Waals surface area contributed by atoms with Crippen molar-refractivity contribution in [1.82, 2.24) is 10.2 Å². The van der Waals surface area contributed by atoms with Crippen molar-refractivity contribution in [3.8, 4) is 0 Å². The van der Waals surface area contributed by atoms with E-state index >= 15 is 0 Å². The number of amides is 1. The van der Waals surface area contributed by atoms with Crippen LogP contribution in [-0.4, -0.2) is 43.2 Å². The van der Waals surface area contributed by atoms with Crippen molar-refractivity contribution in [2.45, 2.75) is 32.4 Å². The highest BCUT2D eigenvalue weighted by molar-refractivity contribution is 5.82. The maximum absolute atomic E-state index is 12.8. The molecule has 1 aromatic carbocycles. The number of carbonyl (C=O) groups is 1. The third-order valence-electron chi connectivity index (χ3n) is 4.27. The SMILES string of the molecule is CCCN(C(=O)C1CNCCO1)C(C)c1cc2ccccc2o1. The highest BCUT2D eigenvalue weighted by Gasteiger charge is 2.31. The molecular formula is C18H24N2O3. The minimum atomic E-state index is -0.401. The average Bonchev–Trinajstić information content (AvgIpc) is 3.03. The molecule has 1 amide bonds. The van der Waals surface area contributed by atoms with Gasteiger partial charge in [0, 0.05) is 25.0 Å². The summed E-state index contributed by atoms with van der Waals surface area (Å²) in [5.41, 5.74) is 0.855. The van der Waals surface area contributed by atoms with Crippen LogP contribution in [0, 0.1) is 0 Å². The summed E-state index contributed by atoms with van der Waals surface area (Å²) < 4.78 is 11.6. The van der Waals surface area contributed by atoms with Gasteiger partial charge in [-0.2, -0.15) is 0 Å². The number of carbonyl (C=O) groups excluding carboxylic acids is 1. The van der Waals surface area contributed by atoms with E-state index in [4.69, 9.17) is 9.15 Å². The zero-order valence-electron chi connectivity index (χ0n) is 13.7. The lowest BCUT2D eigenvalue weighted by Crippen LogP contribution is -2.50. The molecule has 0 spiro atoms. The summed E-state index contributed by atoms with van der Waals surface area (Å²) in [5, 5.41) is 4.28. The Morgan fingerprint density at radius 2 is 2.26 bits per heavy atom. The van der Waals surface area contributed by atoms with E-state index < -0.39 is 6.10 Å². The zero-order valence-corrected chi connectivity index (χ0v) is 13.7. The van der Waals surface area contributed by atoms with E-state index in [-0.39, 0.29) is 11.9 Å². The van der Waals surface area contributed by atoms with E-state index in [0.717, 1.165) is 29.7 Å². The number of nitrogens with one attached hydrogen (secondary N) is 1. The molecule has 0 saturated carbocycles. The molecule has 2 atom stereocenters. The third-order valence-corrected chi connectivity index (χ3v) is 4.27. The van der Waals surface area contributed by atoms with Crippen molar-refractivity contribution in [3.05, 3.63) is 36.1 Å². The molecule has 0 aliphatic carbocycles. The molecule has 0 radical (unpaired) electrons. The van der Waals surface area contributed by atoms with Crippen LogP contribution in [0.2, 0.25) is 0 Å². The lowest BCUT2D eigenvalue weighted by Gasteiger charge is -2.32. The van der Waals surface area contributed by atoms with Gasteiger partial charge in [0.2, 0.25) is 0 Å². The molecular weight excluding hydrogens is 292 g/mol. The molecule has 124 valence electrons. The first-order valence-corrected chi connectivity index (χ1v) is 8.32. The average molecular weight is 316 g/mol. The highest BCUT2D eigenvalue weighted by atomic mass is 16.5. The van der Waals surface area contributed by atoms with Gasteiger partial charge in [-0.05, 0) is 25.5 Å².